The summed E-state index contributed by atoms with van der Waals surface area (Å²) in [5.41, 5.74) is 2.93. The van der Waals surface area contributed by atoms with E-state index in [4.69, 9.17) is 0 Å². The summed E-state index contributed by atoms with van der Waals surface area (Å²) >= 11 is 0.103. The van der Waals surface area contributed by atoms with Crippen LogP contribution in [0.2, 0.25) is 0 Å². The Bertz CT molecular complexity index is 422. The van der Waals surface area contributed by atoms with Gasteiger partial charge in [0.25, 0.3) is 0 Å². The van der Waals surface area contributed by atoms with Crippen LogP contribution < -0.4 is 21.2 Å². The van der Waals surface area contributed by atoms with E-state index < -0.39 is 0 Å². The molecule has 0 amide bonds. The van der Waals surface area contributed by atoms with Crippen LogP contribution in [0.5, 0.6) is 0 Å². The van der Waals surface area contributed by atoms with Gasteiger partial charge in [-0.1, -0.05) is 0 Å². The third-order valence-corrected chi connectivity index (χ3v) is 5.29. The van der Waals surface area contributed by atoms with Crippen molar-refractivity contribution in [3.63, 3.8) is 0 Å². The maximum absolute atomic E-state index is 2.27. The summed E-state index contributed by atoms with van der Waals surface area (Å²) in [5.74, 6) is 0. The van der Waals surface area contributed by atoms with Gasteiger partial charge in [-0.15, -0.1) is 12.4 Å². The van der Waals surface area contributed by atoms with Crippen LogP contribution in [-0.2, 0) is 0 Å². The standard InChI is InChI=1S/C12H8I.ClH/c1-3-7-11-9(5-1)10-6-2-4-8-12(10)13-11;/h1-8H;1H/q-1;. The molecule has 0 spiro atoms. The predicted molar refractivity (Wildman–Crippen MR) is 56.5 cm³/mol. The van der Waals surface area contributed by atoms with Crippen LogP contribution in [0.1, 0.15) is 0 Å². The molecule has 0 bridgehead atoms. The molecule has 1 heterocycles. The monoisotopic (exact) mass is 315 g/mol. The molecule has 0 radical (unpaired) electrons. The first kappa shape index (κ1) is 9.99. The van der Waals surface area contributed by atoms with Crippen LogP contribution in [0.4, 0.5) is 0 Å². The molecule has 0 aliphatic carbocycles. The van der Waals surface area contributed by atoms with Crippen molar-refractivity contribution < 1.29 is 21.2 Å². The number of fused-ring (bicyclic) bond motifs is 3. The predicted octanol–water partition coefficient (Wildman–Crippen LogP) is 0.217. The fourth-order valence-electron chi connectivity index (χ4n) is 1.63. The second-order valence-corrected chi connectivity index (χ2v) is 5.92. The molecule has 0 atom stereocenters. The van der Waals surface area contributed by atoms with Gasteiger partial charge in [0.1, 0.15) is 0 Å². The van der Waals surface area contributed by atoms with Crippen LogP contribution in [0.25, 0.3) is 11.1 Å². The zero-order chi connectivity index (χ0) is 8.67. The average Bonchev–Trinajstić information content (AvgIpc) is 2.56. The van der Waals surface area contributed by atoms with Crippen LogP contribution in [0, 0.1) is 7.14 Å². The molecule has 0 aromatic heterocycles. The zero-order valence-electron chi connectivity index (χ0n) is 7.41. The van der Waals surface area contributed by atoms with Crippen LogP contribution in [-0.4, -0.2) is 0 Å². The topological polar surface area (TPSA) is 0 Å². The van der Waals surface area contributed by atoms with E-state index in [-0.39, 0.29) is 33.6 Å². The molecule has 0 N–H and O–H groups in total. The van der Waals surface area contributed by atoms with Gasteiger partial charge in [-0.3, -0.25) is 0 Å². The van der Waals surface area contributed by atoms with Gasteiger partial charge in [0.15, 0.2) is 0 Å². The number of hydrogen-bond donors (Lipinski definition) is 0. The van der Waals surface area contributed by atoms with E-state index >= 15 is 0 Å². The molecule has 2 aromatic rings. The molecule has 0 nitrogen and oxygen atoms in total. The van der Waals surface area contributed by atoms with Gasteiger partial charge in [-0.25, -0.2) is 0 Å². The molecule has 14 heavy (non-hydrogen) atoms. The summed E-state index contributed by atoms with van der Waals surface area (Å²) < 4.78 is 3.14. The van der Waals surface area contributed by atoms with Crippen LogP contribution in [0.3, 0.4) is 0 Å². The van der Waals surface area contributed by atoms with Crippen molar-refractivity contribution >= 4 is 12.4 Å². The molecule has 1 aliphatic heterocycles. The summed E-state index contributed by atoms with van der Waals surface area (Å²) in [5, 5.41) is 0. The Labute approximate surface area is 100 Å². The summed E-state index contributed by atoms with van der Waals surface area (Å²) in [6, 6.07) is 17.6. The van der Waals surface area contributed by atoms with Crippen molar-refractivity contribution in [3.8, 4) is 11.1 Å². The Kier molecular flexibility index (Phi) is 2.79. The molecule has 72 valence electrons. The van der Waals surface area contributed by atoms with E-state index in [1.165, 1.54) is 11.1 Å². The van der Waals surface area contributed by atoms with Gasteiger partial charge >= 0.3 is 88.0 Å². The minimum atomic E-state index is 0. The van der Waals surface area contributed by atoms with Gasteiger partial charge in [-0.2, -0.15) is 0 Å². The molecule has 2 aromatic carbocycles. The molecule has 1 aliphatic rings. The van der Waals surface area contributed by atoms with E-state index in [1.807, 2.05) is 0 Å². The van der Waals surface area contributed by atoms with Crippen molar-refractivity contribution in [1.82, 2.24) is 0 Å². The van der Waals surface area contributed by atoms with Crippen molar-refractivity contribution in [2.75, 3.05) is 0 Å². The number of halogens is 2. The molecular weight excluding hydrogens is 306 g/mol. The third-order valence-electron chi connectivity index (χ3n) is 2.24. The molecule has 0 unspecified atom stereocenters. The first-order chi connectivity index (χ1) is 6.45. The van der Waals surface area contributed by atoms with Gasteiger partial charge in [0.2, 0.25) is 0 Å². The Hall–Kier alpha value is -0.540. The molecule has 0 fully saturated rings. The van der Waals surface area contributed by atoms with Crippen molar-refractivity contribution in [3.05, 3.63) is 55.7 Å². The quantitative estimate of drug-likeness (QED) is 0.521. The van der Waals surface area contributed by atoms with Gasteiger partial charge in [0.05, 0.1) is 0 Å². The first-order valence-corrected chi connectivity index (χ1v) is 6.44. The van der Waals surface area contributed by atoms with E-state index in [0.717, 1.165) is 0 Å². The fourth-order valence-corrected chi connectivity index (χ4v) is 4.56. The SMILES string of the molecule is Cl.c1ccc2c(c1)[I-]c1ccccc1-2. The minimum absolute atomic E-state index is 0. The van der Waals surface area contributed by atoms with Crippen molar-refractivity contribution in [2.45, 2.75) is 0 Å². The van der Waals surface area contributed by atoms with Crippen LogP contribution >= 0.6 is 12.4 Å². The van der Waals surface area contributed by atoms with Crippen molar-refractivity contribution in [1.29, 1.82) is 0 Å². The Morgan fingerprint density at radius 2 is 1.07 bits per heavy atom. The fraction of sp³-hybridized carbons (Fsp3) is 0. The number of rotatable bonds is 0. The van der Waals surface area contributed by atoms with E-state index in [2.05, 4.69) is 48.5 Å². The van der Waals surface area contributed by atoms with E-state index in [0.29, 0.717) is 0 Å². The summed E-state index contributed by atoms with van der Waals surface area (Å²) in [7, 11) is 0. The van der Waals surface area contributed by atoms with Gasteiger partial charge in [0, 0.05) is 0 Å². The van der Waals surface area contributed by atoms with Gasteiger partial charge in [-0.05, 0) is 0 Å². The number of benzene rings is 2. The second-order valence-electron chi connectivity index (χ2n) is 3.05. The maximum atomic E-state index is 2.27. The molecule has 0 saturated carbocycles. The molecule has 0 saturated heterocycles. The summed E-state index contributed by atoms with van der Waals surface area (Å²) in [4.78, 5) is 0. The normalized spacial score (nSPS) is 12.0. The van der Waals surface area contributed by atoms with E-state index in [9.17, 15) is 0 Å². The average molecular weight is 316 g/mol. The Morgan fingerprint density at radius 3 is 1.57 bits per heavy atom. The summed E-state index contributed by atoms with van der Waals surface area (Å²) in [6.45, 7) is 0. The first-order valence-electron chi connectivity index (χ1n) is 4.28. The zero-order valence-corrected chi connectivity index (χ0v) is 10.4. The third kappa shape index (κ3) is 1.44. The van der Waals surface area contributed by atoms with E-state index in [1.54, 1.807) is 7.14 Å². The molecule has 3 rings (SSSR count). The number of hydrogen-bond acceptors (Lipinski definition) is 0. The Morgan fingerprint density at radius 1 is 0.643 bits per heavy atom. The summed E-state index contributed by atoms with van der Waals surface area (Å²) in [6.07, 6.45) is 0. The van der Waals surface area contributed by atoms with Crippen molar-refractivity contribution in [2.24, 2.45) is 0 Å². The second kappa shape index (κ2) is 3.91. The molecular formula is C12H9ClI-. The molecule has 2 heteroatoms. The van der Waals surface area contributed by atoms with Crippen LogP contribution in [0.15, 0.2) is 48.5 Å². The Balaban J connectivity index is 0.000000750. The van der Waals surface area contributed by atoms with Gasteiger partial charge < -0.3 is 0 Å².